The summed E-state index contributed by atoms with van der Waals surface area (Å²) in [6, 6.07) is 2.58. The van der Waals surface area contributed by atoms with Crippen LogP contribution in [0.4, 0.5) is 5.82 Å². The molecule has 5 heterocycles. The van der Waals surface area contributed by atoms with Crippen LogP contribution in [-0.4, -0.2) is 68.9 Å². The van der Waals surface area contributed by atoms with Gasteiger partial charge in [0, 0.05) is 38.7 Å². The van der Waals surface area contributed by atoms with Gasteiger partial charge in [-0.2, -0.15) is 10.4 Å². The SMILES string of the molecule is Cn1cc(-c2ncc(C#N)c(N3C[C@@H]4C[C@H]3CN4C(=O)CC3COC3)n2)cn1. The number of carbonyl (C=O) groups excluding carboxylic acids is 1. The minimum Gasteiger partial charge on any atom is -0.381 e. The molecule has 5 rings (SSSR count). The lowest BCUT2D eigenvalue weighted by atomic mass is 10.0. The molecule has 0 saturated carbocycles. The van der Waals surface area contributed by atoms with E-state index in [2.05, 4.69) is 26.0 Å². The van der Waals surface area contributed by atoms with Gasteiger partial charge in [0.05, 0.1) is 43.3 Å². The van der Waals surface area contributed by atoms with Crippen LogP contribution in [-0.2, 0) is 16.6 Å². The van der Waals surface area contributed by atoms with Crippen molar-refractivity contribution >= 4 is 11.7 Å². The Morgan fingerprint density at radius 1 is 1.32 bits per heavy atom. The van der Waals surface area contributed by atoms with Gasteiger partial charge in [-0.3, -0.25) is 9.48 Å². The molecule has 0 aromatic carbocycles. The van der Waals surface area contributed by atoms with Crippen molar-refractivity contribution in [2.75, 3.05) is 31.2 Å². The molecule has 0 N–H and O–H groups in total. The van der Waals surface area contributed by atoms with E-state index in [0.29, 0.717) is 55.8 Å². The van der Waals surface area contributed by atoms with Crippen LogP contribution in [0.2, 0.25) is 0 Å². The zero-order chi connectivity index (χ0) is 19.3. The molecular formula is C19H21N7O2. The Balaban J connectivity index is 1.36. The molecule has 3 saturated heterocycles. The predicted molar refractivity (Wildman–Crippen MR) is 99.1 cm³/mol. The number of nitriles is 1. The van der Waals surface area contributed by atoms with E-state index < -0.39 is 0 Å². The Labute approximate surface area is 162 Å². The van der Waals surface area contributed by atoms with E-state index in [4.69, 9.17) is 4.74 Å². The average molecular weight is 379 g/mol. The fourth-order valence-electron chi connectivity index (χ4n) is 4.34. The zero-order valence-corrected chi connectivity index (χ0v) is 15.7. The largest absolute Gasteiger partial charge is 0.381 e. The van der Waals surface area contributed by atoms with Gasteiger partial charge < -0.3 is 14.5 Å². The maximum Gasteiger partial charge on any atom is 0.223 e. The monoisotopic (exact) mass is 379 g/mol. The van der Waals surface area contributed by atoms with Crippen LogP contribution < -0.4 is 4.90 Å². The fourth-order valence-corrected chi connectivity index (χ4v) is 4.34. The molecule has 3 aliphatic heterocycles. The molecule has 2 aromatic rings. The van der Waals surface area contributed by atoms with Crippen LogP contribution in [0.25, 0.3) is 11.4 Å². The number of anilines is 1. The molecule has 2 atom stereocenters. The zero-order valence-electron chi connectivity index (χ0n) is 15.7. The van der Waals surface area contributed by atoms with Gasteiger partial charge in [0.25, 0.3) is 0 Å². The molecule has 0 spiro atoms. The van der Waals surface area contributed by atoms with Gasteiger partial charge in [0.1, 0.15) is 11.6 Å². The highest BCUT2D eigenvalue weighted by Gasteiger charge is 2.46. The van der Waals surface area contributed by atoms with Crippen molar-refractivity contribution in [1.82, 2.24) is 24.6 Å². The number of hydrogen-bond acceptors (Lipinski definition) is 7. The summed E-state index contributed by atoms with van der Waals surface area (Å²) in [5, 5.41) is 13.7. The summed E-state index contributed by atoms with van der Waals surface area (Å²) >= 11 is 0. The summed E-state index contributed by atoms with van der Waals surface area (Å²) in [4.78, 5) is 25.8. The molecule has 0 unspecified atom stereocenters. The molecule has 2 bridgehead atoms. The molecular weight excluding hydrogens is 358 g/mol. The number of piperazine rings is 1. The molecule has 9 heteroatoms. The van der Waals surface area contributed by atoms with Crippen molar-refractivity contribution in [2.45, 2.75) is 24.9 Å². The van der Waals surface area contributed by atoms with Gasteiger partial charge in [-0.1, -0.05) is 0 Å². The van der Waals surface area contributed by atoms with Gasteiger partial charge in [-0.15, -0.1) is 0 Å². The highest BCUT2D eigenvalue weighted by Crippen LogP contribution is 2.36. The number of likely N-dealkylation sites (tertiary alicyclic amines) is 1. The Bertz CT molecular complexity index is 961. The van der Waals surface area contributed by atoms with Crippen LogP contribution in [0.1, 0.15) is 18.4 Å². The third-order valence-corrected chi connectivity index (χ3v) is 5.86. The van der Waals surface area contributed by atoms with E-state index in [9.17, 15) is 10.1 Å². The summed E-state index contributed by atoms with van der Waals surface area (Å²) in [5.74, 6) is 1.81. The molecule has 3 fully saturated rings. The van der Waals surface area contributed by atoms with E-state index in [1.807, 2.05) is 18.1 Å². The Morgan fingerprint density at radius 2 is 2.18 bits per heavy atom. The lowest BCUT2D eigenvalue weighted by Gasteiger charge is -2.36. The predicted octanol–water partition coefficient (Wildman–Crippen LogP) is 0.575. The second-order valence-electron chi connectivity index (χ2n) is 7.79. The summed E-state index contributed by atoms with van der Waals surface area (Å²) < 4.78 is 6.88. The number of aromatic nitrogens is 4. The number of hydrogen-bond donors (Lipinski definition) is 0. The fraction of sp³-hybridized carbons (Fsp3) is 0.526. The summed E-state index contributed by atoms with van der Waals surface area (Å²) in [6.07, 6.45) is 6.64. The highest BCUT2D eigenvalue weighted by atomic mass is 16.5. The minimum atomic E-state index is 0.182. The van der Waals surface area contributed by atoms with E-state index in [-0.39, 0.29) is 18.0 Å². The van der Waals surface area contributed by atoms with Crippen molar-refractivity contribution in [2.24, 2.45) is 13.0 Å². The third kappa shape index (κ3) is 2.81. The number of rotatable bonds is 4. The molecule has 9 nitrogen and oxygen atoms in total. The van der Waals surface area contributed by atoms with Gasteiger partial charge >= 0.3 is 0 Å². The van der Waals surface area contributed by atoms with E-state index >= 15 is 0 Å². The standard InChI is InChI=1S/C19H21N7O2/c1-24-7-14(6-22-24)18-21-5-13(4-20)19(23-18)26-9-15-3-16(26)8-25(15)17(27)2-12-10-28-11-12/h5-7,12,15-16H,2-3,8-11H2,1H3/t15-,16-/m0/s1. The Hall–Kier alpha value is -2.99. The average Bonchev–Trinajstić information content (AvgIpc) is 3.39. The van der Waals surface area contributed by atoms with Gasteiger partial charge in [-0.25, -0.2) is 9.97 Å². The van der Waals surface area contributed by atoms with Crippen molar-refractivity contribution in [3.05, 3.63) is 24.2 Å². The smallest absolute Gasteiger partial charge is 0.223 e. The number of aryl methyl sites for hydroxylation is 1. The first-order valence-electron chi connectivity index (χ1n) is 9.52. The molecule has 144 valence electrons. The summed E-state index contributed by atoms with van der Waals surface area (Å²) in [7, 11) is 1.84. The Morgan fingerprint density at radius 3 is 2.79 bits per heavy atom. The van der Waals surface area contributed by atoms with Crippen LogP contribution in [0.15, 0.2) is 18.6 Å². The third-order valence-electron chi connectivity index (χ3n) is 5.86. The number of carbonyl (C=O) groups is 1. The molecule has 2 aromatic heterocycles. The molecule has 3 aliphatic rings. The van der Waals surface area contributed by atoms with Crippen molar-refractivity contribution in [3.63, 3.8) is 0 Å². The van der Waals surface area contributed by atoms with Gasteiger partial charge in [0.2, 0.25) is 5.91 Å². The number of nitrogens with zero attached hydrogens (tertiary/aromatic N) is 7. The molecule has 1 amide bonds. The first-order valence-corrected chi connectivity index (χ1v) is 9.52. The van der Waals surface area contributed by atoms with Crippen LogP contribution in [0, 0.1) is 17.2 Å². The molecule has 0 aliphatic carbocycles. The first-order chi connectivity index (χ1) is 13.6. The second kappa shape index (κ2) is 6.56. The van der Waals surface area contributed by atoms with Gasteiger partial charge in [0.15, 0.2) is 11.6 Å². The number of amides is 1. The van der Waals surface area contributed by atoms with E-state index in [0.717, 1.165) is 12.0 Å². The maximum atomic E-state index is 12.6. The summed E-state index contributed by atoms with van der Waals surface area (Å²) in [5.41, 5.74) is 1.28. The number of ether oxygens (including phenoxy) is 1. The van der Waals surface area contributed by atoms with E-state index in [1.165, 1.54) is 0 Å². The normalized spacial score (nSPS) is 23.7. The maximum absolute atomic E-state index is 12.6. The van der Waals surface area contributed by atoms with Crippen molar-refractivity contribution < 1.29 is 9.53 Å². The van der Waals surface area contributed by atoms with E-state index in [1.54, 1.807) is 17.1 Å². The van der Waals surface area contributed by atoms with Crippen LogP contribution >= 0.6 is 0 Å². The molecule has 28 heavy (non-hydrogen) atoms. The quantitative estimate of drug-likeness (QED) is 0.766. The molecule has 0 radical (unpaired) electrons. The minimum absolute atomic E-state index is 0.182. The van der Waals surface area contributed by atoms with Crippen LogP contribution in [0.3, 0.4) is 0 Å². The first kappa shape index (κ1) is 17.1. The second-order valence-corrected chi connectivity index (χ2v) is 7.79. The van der Waals surface area contributed by atoms with Crippen LogP contribution in [0.5, 0.6) is 0 Å². The van der Waals surface area contributed by atoms with Crippen molar-refractivity contribution in [1.29, 1.82) is 5.26 Å². The lowest BCUT2D eigenvalue weighted by molar-refractivity contribution is -0.137. The van der Waals surface area contributed by atoms with Gasteiger partial charge in [-0.05, 0) is 6.42 Å². The topological polar surface area (TPSA) is 100 Å². The lowest BCUT2D eigenvalue weighted by Crippen LogP contribution is -2.50. The van der Waals surface area contributed by atoms with Crippen molar-refractivity contribution in [3.8, 4) is 17.5 Å². The Kier molecular flexibility index (Phi) is 4.02. The summed E-state index contributed by atoms with van der Waals surface area (Å²) in [6.45, 7) is 2.79. The highest BCUT2D eigenvalue weighted by molar-refractivity contribution is 5.78. The number of fused-ring (bicyclic) bond motifs is 2.